The van der Waals surface area contributed by atoms with Crippen LogP contribution in [0.2, 0.25) is 0 Å². The molecular weight excluding hydrogens is 192 g/mol. The first-order chi connectivity index (χ1) is 6.49. The van der Waals surface area contributed by atoms with Crippen LogP contribution in [0, 0.1) is 5.92 Å². The third-order valence-corrected chi connectivity index (χ3v) is 2.40. The van der Waals surface area contributed by atoms with Gasteiger partial charge in [0.05, 0.1) is 6.10 Å². The Kier molecular flexibility index (Phi) is 3.43. The minimum Gasteiger partial charge on any atom is -0.479 e. The average molecular weight is 206 g/mol. The number of aliphatic hydroxyl groups is 2. The molecule has 0 aromatic carbocycles. The van der Waals surface area contributed by atoms with Gasteiger partial charge >= 0.3 is 5.97 Å². The average Bonchev–Trinajstić information content (AvgIpc) is 2.14. The number of carbonyl (C=O) groups is 1. The number of aliphatic hydroxyl groups excluding tert-OH is 2. The highest BCUT2D eigenvalue weighted by molar-refractivity contribution is 5.73. The molecule has 14 heavy (non-hydrogen) atoms. The molecule has 5 atom stereocenters. The molecular formula is C8H14O6. The van der Waals surface area contributed by atoms with E-state index in [0.717, 1.165) is 0 Å². The maximum absolute atomic E-state index is 10.7. The van der Waals surface area contributed by atoms with Gasteiger partial charge in [0.15, 0.2) is 12.4 Å². The van der Waals surface area contributed by atoms with E-state index < -0.39 is 36.5 Å². The van der Waals surface area contributed by atoms with Crippen molar-refractivity contribution in [2.45, 2.75) is 31.5 Å². The fourth-order valence-corrected chi connectivity index (χ4v) is 1.48. The Morgan fingerprint density at radius 3 is 2.36 bits per heavy atom. The van der Waals surface area contributed by atoms with Crippen molar-refractivity contribution in [2.75, 3.05) is 7.11 Å². The van der Waals surface area contributed by atoms with Gasteiger partial charge in [0.25, 0.3) is 0 Å². The van der Waals surface area contributed by atoms with Crippen molar-refractivity contribution in [3.8, 4) is 0 Å². The van der Waals surface area contributed by atoms with Crippen molar-refractivity contribution in [3.63, 3.8) is 0 Å². The van der Waals surface area contributed by atoms with Crippen molar-refractivity contribution in [1.82, 2.24) is 0 Å². The van der Waals surface area contributed by atoms with E-state index in [1.54, 1.807) is 0 Å². The van der Waals surface area contributed by atoms with Gasteiger partial charge < -0.3 is 24.8 Å². The molecule has 1 aliphatic rings. The molecule has 3 N–H and O–H groups in total. The second-order valence-electron chi connectivity index (χ2n) is 3.34. The van der Waals surface area contributed by atoms with Crippen LogP contribution in [0.4, 0.5) is 0 Å². The molecule has 0 aromatic rings. The summed E-state index contributed by atoms with van der Waals surface area (Å²) in [4.78, 5) is 10.7. The lowest BCUT2D eigenvalue weighted by Gasteiger charge is -2.38. The number of carboxylic acid groups (broad SMARTS) is 1. The van der Waals surface area contributed by atoms with E-state index in [0.29, 0.717) is 0 Å². The largest absolute Gasteiger partial charge is 0.479 e. The number of rotatable bonds is 2. The number of carboxylic acids is 1. The van der Waals surface area contributed by atoms with Crippen LogP contribution in [-0.4, -0.2) is 53.0 Å². The van der Waals surface area contributed by atoms with Gasteiger partial charge in [0.2, 0.25) is 0 Å². The zero-order chi connectivity index (χ0) is 10.9. The van der Waals surface area contributed by atoms with Crippen LogP contribution >= 0.6 is 0 Å². The van der Waals surface area contributed by atoms with Crippen molar-refractivity contribution >= 4 is 5.97 Å². The Bertz CT molecular complexity index is 216. The monoisotopic (exact) mass is 206 g/mol. The molecule has 1 saturated heterocycles. The van der Waals surface area contributed by atoms with Crippen LogP contribution in [0.5, 0.6) is 0 Å². The summed E-state index contributed by atoms with van der Waals surface area (Å²) in [7, 11) is 1.27. The lowest BCUT2D eigenvalue weighted by atomic mass is 9.91. The van der Waals surface area contributed by atoms with Crippen LogP contribution in [-0.2, 0) is 14.3 Å². The number of methoxy groups -OCH3 is 1. The number of ether oxygens (including phenoxy) is 2. The molecule has 1 rings (SSSR count). The number of hydrogen-bond acceptors (Lipinski definition) is 5. The summed E-state index contributed by atoms with van der Waals surface area (Å²) in [6.07, 6.45) is -4.62. The van der Waals surface area contributed by atoms with Gasteiger partial charge in [0.1, 0.15) is 6.10 Å². The summed E-state index contributed by atoms with van der Waals surface area (Å²) in [6.45, 7) is 1.50. The second kappa shape index (κ2) is 4.22. The van der Waals surface area contributed by atoms with Crippen molar-refractivity contribution in [2.24, 2.45) is 5.92 Å². The standard InChI is InChI=1S/C8H14O6/c1-3-4(9)5(10)8(13-2)14-6(3)7(11)12/h3-6,8-10H,1-2H3,(H,11,12)/t3-,4-,5?,6?,8+/m0/s1. The smallest absolute Gasteiger partial charge is 0.333 e. The van der Waals surface area contributed by atoms with Gasteiger partial charge in [-0.1, -0.05) is 6.92 Å². The van der Waals surface area contributed by atoms with Gasteiger partial charge in [-0.25, -0.2) is 4.79 Å². The Labute approximate surface area is 81.1 Å². The fraction of sp³-hybridized carbons (Fsp3) is 0.875. The molecule has 0 amide bonds. The lowest BCUT2D eigenvalue weighted by molar-refractivity contribution is -0.274. The Balaban J connectivity index is 2.78. The molecule has 0 radical (unpaired) electrons. The maximum atomic E-state index is 10.7. The van der Waals surface area contributed by atoms with Crippen LogP contribution < -0.4 is 0 Å². The minimum atomic E-state index is -1.22. The summed E-state index contributed by atoms with van der Waals surface area (Å²) in [5.41, 5.74) is 0. The first-order valence-corrected chi connectivity index (χ1v) is 4.26. The number of aliphatic carboxylic acids is 1. The molecule has 1 heterocycles. The van der Waals surface area contributed by atoms with Gasteiger partial charge in [-0.3, -0.25) is 0 Å². The highest BCUT2D eigenvalue weighted by atomic mass is 16.7. The Hall–Kier alpha value is -0.690. The summed E-state index contributed by atoms with van der Waals surface area (Å²) in [5, 5.41) is 27.7. The topological polar surface area (TPSA) is 96.2 Å². The lowest BCUT2D eigenvalue weighted by Crippen LogP contribution is -2.56. The Morgan fingerprint density at radius 1 is 1.36 bits per heavy atom. The summed E-state index contributed by atoms with van der Waals surface area (Å²) in [6, 6.07) is 0. The zero-order valence-corrected chi connectivity index (χ0v) is 7.95. The van der Waals surface area contributed by atoms with E-state index in [1.807, 2.05) is 0 Å². The molecule has 0 spiro atoms. The molecule has 0 bridgehead atoms. The summed E-state index contributed by atoms with van der Waals surface area (Å²) in [5.74, 6) is -1.85. The molecule has 0 aromatic heterocycles. The van der Waals surface area contributed by atoms with Crippen molar-refractivity contribution in [3.05, 3.63) is 0 Å². The summed E-state index contributed by atoms with van der Waals surface area (Å²) < 4.78 is 9.67. The molecule has 1 aliphatic heterocycles. The van der Waals surface area contributed by atoms with Gasteiger partial charge in [-0.2, -0.15) is 0 Å². The SMILES string of the molecule is CO[C@@H]1OC(C(=O)O)[C@@H](C)[C@H](O)C1O. The van der Waals surface area contributed by atoms with E-state index in [2.05, 4.69) is 0 Å². The predicted molar refractivity (Wildman–Crippen MR) is 44.5 cm³/mol. The fourth-order valence-electron chi connectivity index (χ4n) is 1.48. The number of hydrogen-bond donors (Lipinski definition) is 3. The zero-order valence-electron chi connectivity index (χ0n) is 7.95. The molecule has 82 valence electrons. The first-order valence-electron chi connectivity index (χ1n) is 4.26. The predicted octanol–water partition coefficient (Wildman–Crippen LogP) is -1.20. The molecule has 2 unspecified atom stereocenters. The molecule has 1 fully saturated rings. The van der Waals surface area contributed by atoms with E-state index in [4.69, 9.17) is 14.6 Å². The minimum absolute atomic E-state index is 0.672. The molecule has 6 heteroatoms. The van der Waals surface area contributed by atoms with Crippen LogP contribution in [0.15, 0.2) is 0 Å². The molecule has 0 aliphatic carbocycles. The third kappa shape index (κ3) is 1.88. The van der Waals surface area contributed by atoms with Gasteiger partial charge in [0, 0.05) is 13.0 Å². The van der Waals surface area contributed by atoms with E-state index >= 15 is 0 Å². The van der Waals surface area contributed by atoms with Crippen molar-refractivity contribution < 1.29 is 29.6 Å². The van der Waals surface area contributed by atoms with Crippen LogP contribution in [0.1, 0.15) is 6.92 Å². The second-order valence-corrected chi connectivity index (χ2v) is 3.34. The molecule has 6 nitrogen and oxygen atoms in total. The highest BCUT2D eigenvalue weighted by Crippen LogP contribution is 2.26. The van der Waals surface area contributed by atoms with E-state index in [9.17, 15) is 15.0 Å². The normalized spacial score (nSPS) is 43.6. The van der Waals surface area contributed by atoms with E-state index in [1.165, 1.54) is 14.0 Å². The van der Waals surface area contributed by atoms with Crippen LogP contribution in [0.3, 0.4) is 0 Å². The van der Waals surface area contributed by atoms with Gasteiger partial charge in [-0.15, -0.1) is 0 Å². The quantitative estimate of drug-likeness (QED) is 0.525. The highest BCUT2D eigenvalue weighted by Gasteiger charge is 2.45. The Morgan fingerprint density at radius 2 is 1.93 bits per heavy atom. The van der Waals surface area contributed by atoms with E-state index in [-0.39, 0.29) is 0 Å². The maximum Gasteiger partial charge on any atom is 0.333 e. The molecule has 0 saturated carbocycles. The summed E-state index contributed by atoms with van der Waals surface area (Å²) >= 11 is 0. The van der Waals surface area contributed by atoms with Crippen LogP contribution in [0.25, 0.3) is 0 Å². The van der Waals surface area contributed by atoms with Gasteiger partial charge in [-0.05, 0) is 0 Å². The van der Waals surface area contributed by atoms with Crippen molar-refractivity contribution in [1.29, 1.82) is 0 Å². The third-order valence-electron chi connectivity index (χ3n) is 2.40. The first kappa shape index (κ1) is 11.4.